The number of aryl methyl sites for hydroxylation is 1. The number of nitrogens with one attached hydrogen (secondary N) is 2. The van der Waals surface area contributed by atoms with E-state index < -0.39 is 29.3 Å². The molecule has 2 aliphatic rings. The van der Waals surface area contributed by atoms with Crippen LogP contribution in [0.3, 0.4) is 0 Å². The highest BCUT2D eigenvalue weighted by atomic mass is 32.1. The van der Waals surface area contributed by atoms with Crippen LogP contribution >= 0.6 is 22.7 Å². The first kappa shape index (κ1) is 54.3. The van der Waals surface area contributed by atoms with Crippen molar-refractivity contribution in [3.8, 4) is 21.1 Å². The molecule has 0 spiro atoms. The van der Waals surface area contributed by atoms with Crippen LogP contribution in [-0.4, -0.2) is 90.9 Å². The van der Waals surface area contributed by atoms with Gasteiger partial charge in [-0.25, -0.2) is 27.5 Å². The van der Waals surface area contributed by atoms with Gasteiger partial charge in [0.05, 0.1) is 54.8 Å². The maximum atomic E-state index is 14.8. The van der Waals surface area contributed by atoms with Crippen LogP contribution < -0.4 is 31.9 Å². The van der Waals surface area contributed by atoms with Crippen molar-refractivity contribution in [1.29, 1.82) is 0 Å². The number of rotatable bonds is 13. The molecule has 0 bridgehead atoms. The van der Waals surface area contributed by atoms with Crippen LogP contribution in [-0.2, 0) is 29.3 Å². The van der Waals surface area contributed by atoms with Gasteiger partial charge < -0.3 is 37.0 Å². The number of carbonyl (C=O) groups is 2. The largest absolute Gasteiger partial charge is 0.392 e. The third kappa shape index (κ3) is 13.1. The van der Waals surface area contributed by atoms with Crippen LogP contribution in [0.1, 0.15) is 68.9 Å². The highest BCUT2D eigenvalue weighted by Gasteiger charge is 2.26. The normalized spacial score (nSPS) is 15.2. The number of thiazole rings is 2. The molecule has 76 heavy (non-hydrogen) atoms. The first-order valence-electron chi connectivity index (χ1n) is 24.0. The molecular formula is C53H52F4N12O5S2. The number of halogens is 4. The van der Waals surface area contributed by atoms with E-state index in [9.17, 15) is 32.3 Å². The monoisotopic (exact) mass is 1080 g/mol. The van der Waals surface area contributed by atoms with Crippen molar-refractivity contribution >= 4 is 63.4 Å². The van der Waals surface area contributed by atoms with Crippen molar-refractivity contribution in [2.75, 3.05) is 46.6 Å². The fourth-order valence-electron chi connectivity index (χ4n) is 8.94. The fourth-order valence-corrected chi connectivity index (χ4v) is 10.5. The number of piperidine rings is 2. The number of nitrogens with two attached hydrogens (primary N) is 2. The fraction of sp³-hybridized carbons (Fsp3) is 0.264. The van der Waals surface area contributed by atoms with Crippen molar-refractivity contribution in [3.05, 3.63) is 165 Å². The Hall–Kier alpha value is -7.92. The molecule has 4 aromatic carbocycles. The Kier molecular flexibility index (Phi) is 17.9. The summed E-state index contributed by atoms with van der Waals surface area (Å²) in [7, 11) is 0. The van der Waals surface area contributed by atoms with E-state index in [-0.39, 0.29) is 48.6 Å². The van der Waals surface area contributed by atoms with Gasteiger partial charge in [0, 0.05) is 83.7 Å². The summed E-state index contributed by atoms with van der Waals surface area (Å²) in [6, 6.07) is 18.7. The number of aliphatic hydroxyl groups is 1. The molecule has 8 aromatic rings. The number of aliphatic hydroxyl groups excluding tert-OH is 1. The molecule has 4 aromatic heterocycles. The Bertz CT molecular complexity index is 3340. The zero-order valence-corrected chi connectivity index (χ0v) is 42.6. The van der Waals surface area contributed by atoms with Crippen LogP contribution in [0.5, 0.6) is 0 Å². The van der Waals surface area contributed by atoms with Crippen LogP contribution in [0, 0.1) is 30.2 Å². The van der Waals surface area contributed by atoms with Crippen molar-refractivity contribution in [2.24, 2.45) is 11.5 Å². The quantitative estimate of drug-likeness (QED) is 0.0686. The molecule has 23 heteroatoms. The second-order valence-corrected chi connectivity index (χ2v) is 19.7. The summed E-state index contributed by atoms with van der Waals surface area (Å²) in [5.41, 5.74) is 17.7. The first-order chi connectivity index (χ1) is 36.7. The van der Waals surface area contributed by atoms with E-state index in [1.54, 1.807) is 87.4 Å². The standard InChI is InChI=1S/C26H26F2N6O2S.C26H26F2N6OS.CO2/c27-20-6-1-4-16(14-35)19(20)13-34-11-17(10-30-34)26-32-23(15-37-26)25(36)31-22-8-2-7-21(28)24(22)33-9-3-5-18(29)12-33;1-16-5-2-7-20(27)19(16)14-34-12-17(11-30-34)26-32-23(15-36-26)25(35)31-22-9-3-8-21(28)24(22)33-10-4-6-18(29)13-33;2-1-3/h1-2,4,6-8,10-11,15,18,35H,3,5,9,12-14,29H2,(H,31,36);2-3,5,7-9,11-12,15,18H,4,6,10,13-14,29H2,1H3,(H,31,35);/t2*18-;/m11./s1. The minimum absolute atomic E-state index is 0.0359. The number of nitrogens with zero attached hydrogens (tertiary/aromatic N) is 8. The average molecular weight is 1080 g/mol. The Balaban J connectivity index is 0.000000192. The number of para-hydroxylation sites is 2. The molecule has 17 nitrogen and oxygen atoms in total. The number of hydrogen-bond donors (Lipinski definition) is 5. The molecule has 6 heterocycles. The van der Waals surface area contributed by atoms with Gasteiger partial charge in [-0.1, -0.05) is 36.4 Å². The highest BCUT2D eigenvalue weighted by Crippen LogP contribution is 2.34. The predicted molar refractivity (Wildman–Crippen MR) is 281 cm³/mol. The SMILES string of the molecule is Cc1cccc(F)c1Cn1cc(-c2nc(C(=O)Nc3cccc(F)c3N3CCC[C@@H](N)C3)cs2)cn1.N[C@@H]1CCCN(c2c(F)cccc2NC(=O)c2csc(-c3cnn(Cc4c(F)cccc4CO)c3)n2)C1.O=C=O. The van der Waals surface area contributed by atoms with Gasteiger partial charge in [0.1, 0.15) is 44.7 Å². The molecule has 2 aliphatic heterocycles. The van der Waals surface area contributed by atoms with E-state index in [1.165, 1.54) is 46.9 Å². The molecule has 7 N–H and O–H groups in total. The molecule has 394 valence electrons. The lowest BCUT2D eigenvalue weighted by molar-refractivity contribution is -0.191. The Labute approximate surface area is 441 Å². The van der Waals surface area contributed by atoms with Crippen molar-refractivity contribution in [3.63, 3.8) is 0 Å². The number of hydrogen-bond acceptors (Lipinski definition) is 15. The van der Waals surface area contributed by atoms with Crippen LogP contribution in [0.4, 0.5) is 40.3 Å². The maximum Gasteiger partial charge on any atom is 0.373 e. The van der Waals surface area contributed by atoms with E-state index in [0.717, 1.165) is 36.8 Å². The minimum atomic E-state index is -0.456. The van der Waals surface area contributed by atoms with Gasteiger partial charge in [0.25, 0.3) is 11.8 Å². The molecule has 0 unspecified atom stereocenters. The topological polar surface area (TPSA) is 233 Å². The first-order valence-corrected chi connectivity index (χ1v) is 25.8. The smallest absolute Gasteiger partial charge is 0.373 e. The van der Waals surface area contributed by atoms with E-state index in [1.807, 2.05) is 22.8 Å². The van der Waals surface area contributed by atoms with Crippen molar-refractivity contribution < 1.29 is 41.8 Å². The van der Waals surface area contributed by atoms with E-state index >= 15 is 0 Å². The third-order valence-electron chi connectivity index (χ3n) is 12.6. The van der Waals surface area contributed by atoms with Gasteiger partial charge in [0.15, 0.2) is 0 Å². The van der Waals surface area contributed by atoms with Crippen molar-refractivity contribution in [1.82, 2.24) is 29.5 Å². The van der Waals surface area contributed by atoms with Crippen molar-refractivity contribution in [2.45, 2.75) is 64.4 Å². The van der Waals surface area contributed by atoms with Gasteiger partial charge in [-0.15, -0.1) is 22.7 Å². The second kappa shape index (κ2) is 25.1. The molecule has 2 atom stereocenters. The zero-order chi connectivity index (χ0) is 53.9. The summed E-state index contributed by atoms with van der Waals surface area (Å²) < 4.78 is 61.2. The van der Waals surface area contributed by atoms with Crippen LogP contribution in [0.25, 0.3) is 21.1 Å². The van der Waals surface area contributed by atoms with E-state index in [0.29, 0.717) is 87.7 Å². The molecule has 10 rings (SSSR count). The Morgan fingerprint density at radius 3 is 1.57 bits per heavy atom. The summed E-state index contributed by atoms with van der Waals surface area (Å²) in [6.45, 7) is 4.40. The summed E-state index contributed by atoms with van der Waals surface area (Å²) in [4.78, 5) is 54.9. The van der Waals surface area contributed by atoms with Gasteiger partial charge in [-0.3, -0.25) is 19.0 Å². The molecular weight excluding hydrogens is 1020 g/mol. The molecule has 2 saturated heterocycles. The molecule has 2 fully saturated rings. The lowest BCUT2D eigenvalue weighted by atomic mass is 10.1. The summed E-state index contributed by atoms with van der Waals surface area (Å²) in [6.07, 6.45) is 10.4. The Morgan fingerprint density at radius 2 is 1.11 bits per heavy atom. The molecule has 0 aliphatic carbocycles. The number of amides is 2. The molecule has 0 saturated carbocycles. The lowest BCUT2D eigenvalue weighted by Crippen LogP contribution is -2.43. The summed E-state index contributed by atoms with van der Waals surface area (Å²) in [5, 5.41) is 28.2. The molecule has 2 amide bonds. The lowest BCUT2D eigenvalue weighted by Gasteiger charge is -2.34. The summed E-state index contributed by atoms with van der Waals surface area (Å²) >= 11 is 2.57. The predicted octanol–water partition coefficient (Wildman–Crippen LogP) is 8.24. The maximum absolute atomic E-state index is 14.8. The van der Waals surface area contributed by atoms with E-state index in [4.69, 9.17) is 21.1 Å². The van der Waals surface area contributed by atoms with Gasteiger partial charge in [-0.2, -0.15) is 19.8 Å². The number of anilines is 4. The Morgan fingerprint density at radius 1 is 0.671 bits per heavy atom. The second-order valence-electron chi connectivity index (χ2n) is 18.0. The zero-order valence-electron chi connectivity index (χ0n) is 41.0. The third-order valence-corrected chi connectivity index (χ3v) is 14.4. The number of carbonyl (C=O) groups excluding carboxylic acids is 4. The van der Waals surface area contributed by atoms with Crippen LogP contribution in [0.2, 0.25) is 0 Å². The van der Waals surface area contributed by atoms with Gasteiger partial charge in [-0.05, 0) is 80.1 Å². The van der Waals surface area contributed by atoms with Crippen LogP contribution in [0.15, 0.2) is 108 Å². The average Bonchev–Trinajstić information content (AvgIpc) is 4.25. The number of aromatic nitrogens is 6. The minimum Gasteiger partial charge on any atom is -0.392 e. The van der Waals surface area contributed by atoms with Gasteiger partial charge in [0.2, 0.25) is 0 Å². The highest BCUT2D eigenvalue weighted by molar-refractivity contribution is 7.13. The van der Waals surface area contributed by atoms with E-state index in [2.05, 4.69) is 30.8 Å². The summed E-state index contributed by atoms with van der Waals surface area (Å²) in [5.74, 6) is -2.40. The molecule has 0 radical (unpaired) electrons. The number of benzene rings is 4. The van der Waals surface area contributed by atoms with Gasteiger partial charge >= 0.3 is 6.15 Å².